The second-order valence-electron chi connectivity index (χ2n) is 4.49. The number of nitrogens with two attached hydrogens (primary N) is 1. The summed E-state index contributed by atoms with van der Waals surface area (Å²) < 4.78 is 8.65. The zero-order valence-corrected chi connectivity index (χ0v) is 12.4. The molecule has 0 fully saturated rings. The van der Waals surface area contributed by atoms with Crippen LogP contribution in [-0.2, 0) is 6.54 Å². The van der Waals surface area contributed by atoms with E-state index in [1.807, 2.05) is 53.3 Å². The smallest absolute Gasteiger partial charge is 0.119 e. The van der Waals surface area contributed by atoms with Gasteiger partial charge in [0.05, 0.1) is 18.3 Å². The van der Waals surface area contributed by atoms with Crippen molar-refractivity contribution in [2.75, 3.05) is 12.3 Å². The van der Waals surface area contributed by atoms with Gasteiger partial charge in [0.15, 0.2) is 0 Å². The summed E-state index contributed by atoms with van der Waals surface area (Å²) in [4.78, 5) is 0. The van der Waals surface area contributed by atoms with Crippen molar-refractivity contribution in [3.05, 3.63) is 53.1 Å². The van der Waals surface area contributed by atoms with Gasteiger partial charge < -0.3 is 10.5 Å². The Morgan fingerprint density at radius 1 is 1.15 bits per heavy atom. The summed E-state index contributed by atoms with van der Waals surface area (Å²) in [5.41, 5.74) is 7.58. The molecular weight excluding hydrogens is 318 g/mol. The zero-order chi connectivity index (χ0) is 13.9. The highest BCUT2D eigenvalue weighted by atomic mass is 79.9. The van der Waals surface area contributed by atoms with E-state index in [0.29, 0.717) is 13.2 Å². The Bertz CT molecular complexity index is 722. The number of aromatic nitrogens is 2. The molecule has 102 valence electrons. The van der Waals surface area contributed by atoms with Crippen LogP contribution in [0.15, 0.2) is 53.1 Å². The van der Waals surface area contributed by atoms with E-state index in [0.717, 1.165) is 26.8 Å². The summed E-state index contributed by atoms with van der Waals surface area (Å²) >= 11 is 3.40. The molecule has 0 atom stereocenters. The van der Waals surface area contributed by atoms with E-state index >= 15 is 0 Å². The molecule has 0 aliphatic heterocycles. The molecule has 0 amide bonds. The van der Waals surface area contributed by atoms with Crippen molar-refractivity contribution in [1.82, 2.24) is 9.78 Å². The zero-order valence-electron chi connectivity index (χ0n) is 10.8. The molecule has 3 rings (SSSR count). The number of anilines is 1. The van der Waals surface area contributed by atoms with Crippen LogP contribution in [-0.4, -0.2) is 16.4 Å². The summed E-state index contributed by atoms with van der Waals surface area (Å²) in [6, 6.07) is 13.6. The van der Waals surface area contributed by atoms with Crippen molar-refractivity contribution in [3.63, 3.8) is 0 Å². The second-order valence-corrected chi connectivity index (χ2v) is 5.40. The van der Waals surface area contributed by atoms with Gasteiger partial charge in [-0.3, -0.25) is 4.68 Å². The molecule has 2 aromatic carbocycles. The van der Waals surface area contributed by atoms with Gasteiger partial charge in [-0.1, -0.05) is 15.9 Å². The fourth-order valence-corrected chi connectivity index (χ4v) is 2.31. The first kappa shape index (κ1) is 13.0. The number of hydrogen-bond donors (Lipinski definition) is 1. The topological polar surface area (TPSA) is 53.1 Å². The Morgan fingerprint density at radius 3 is 2.75 bits per heavy atom. The van der Waals surface area contributed by atoms with Crippen LogP contribution in [0.5, 0.6) is 5.75 Å². The lowest BCUT2D eigenvalue weighted by Gasteiger charge is -2.07. The number of hydrogen-bond acceptors (Lipinski definition) is 3. The SMILES string of the molecule is Nc1ccc2cnn(CCOc3ccc(Br)cc3)c2c1. The average Bonchev–Trinajstić information content (AvgIpc) is 2.84. The van der Waals surface area contributed by atoms with Gasteiger partial charge in [-0.05, 0) is 42.5 Å². The van der Waals surface area contributed by atoms with Crippen molar-refractivity contribution in [2.45, 2.75) is 6.54 Å². The molecule has 1 aromatic heterocycles. The minimum absolute atomic E-state index is 0.563. The van der Waals surface area contributed by atoms with Gasteiger partial charge in [0.1, 0.15) is 12.4 Å². The Hall–Kier alpha value is -2.01. The van der Waals surface area contributed by atoms with Gasteiger partial charge in [-0.25, -0.2) is 0 Å². The largest absolute Gasteiger partial charge is 0.492 e. The van der Waals surface area contributed by atoms with Gasteiger partial charge >= 0.3 is 0 Å². The fourth-order valence-electron chi connectivity index (χ4n) is 2.05. The van der Waals surface area contributed by atoms with Gasteiger partial charge in [-0.2, -0.15) is 5.10 Å². The molecule has 2 N–H and O–H groups in total. The van der Waals surface area contributed by atoms with Crippen LogP contribution < -0.4 is 10.5 Å². The van der Waals surface area contributed by atoms with E-state index in [1.165, 1.54) is 0 Å². The number of ether oxygens (including phenoxy) is 1. The first-order chi connectivity index (χ1) is 9.72. The summed E-state index contributed by atoms with van der Waals surface area (Å²) in [6.07, 6.45) is 1.84. The van der Waals surface area contributed by atoms with Crippen LogP contribution in [0.4, 0.5) is 5.69 Å². The van der Waals surface area contributed by atoms with Gasteiger partial charge in [0, 0.05) is 15.5 Å². The quantitative estimate of drug-likeness (QED) is 0.745. The second kappa shape index (κ2) is 5.54. The summed E-state index contributed by atoms with van der Waals surface area (Å²) in [6.45, 7) is 1.25. The number of halogens is 1. The van der Waals surface area contributed by atoms with E-state index in [2.05, 4.69) is 21.0 Å². The van der Waals surface area contributed by atoms with Crippen LogP contribution in [0, 0.1) is 0 Å². The maximum absolute atomic E-state index is 5.81. The number of rotatable bonds is 4. The predicted molar refractivity (Wildman–Crippen MR) is 83.8 cm³/mol. The molecule has 20 heavy (non-hydrogen) atoms. The molecule has 0 spiro atoms. The van der Waals surface area contributed by atoms with E-state index in [1.54, 1.807) is 0 Å². The van der Waals surface area contributed by atoms with Crippen molar-refractivity contribution in [2.24, 2.45) is 0 Å². The van der Waals surface area contributed by atoms with E-state index in [9.17, 15) is 0 Å². The Morgan fingerprint density at radius 2 is 1.95 bits per heavy atom. The standard InChI is InChI=1S/C15H14BrN3O/c16-12-2-5-14(6-3-12)20-8-7-19-15-9-13(17)4-1-11(15)10-18-19/h1-6,9-10H,7-8,17H2. The Labute approximate surface area is 125 Å². The summed E-state index contributed by atoms with van der Waals surface area (Å²) in [5.74, 6) is 0.851. The molecule has 0 unspecified atom stereocenters. The number of nitrogens with zero attached hydrogens (tertiary/aromatic N) is 2. The lowest BCUT2D eigenvalue weighted by molar-refractivity contribution is 0.293. The van der Waals surface area contributed by atoms with Crippen LogP contribution in [0.1, 0.15) is 0 Å². The van der Waals surface area contributed by atoms with Gasteiger partial charge in [0.2, 0.25) is 0 Å². The number of fused-ring (bicyclic) bond motifs is 1. The summed E-state index contributed by atoms with van der Waals surface area (Å²) in [5, 5.41) is 5.44. The first-order valence-electron chi connectivity index (χ1n) is 6.32. The van der Waals surface area contributed by atoms with Crippen LogP contribution in [0.25, 0.3) is 10.9 Å². The highest BCUT2D eigenvalue weighted by Gasteiger charge is 2.03. The number of nitrogen functional groups attached to an aromatic ring is 1. The minimum atomic E-state index is 0.563. The third-order valence-electron chi connectivity index (χ3n) is 3.05. The maximum Gasteiger partial charge on any atom is 0.119 e. The third kappa shape index (κ3) is 2.77. The third-order valence-corrected chi connectivity index (χ3v) is 3.58. The maximum atomic E-state index is 5.81. The molecule has 0 saturated carbocycles. The predicted octanol–water partition coefficient (Wildman–Crippen LogP) is 3.46. The van der Waals surface area contributed by atoms with Crippen molar-refractivity contribution < 1.29 is 4.74 Å². The van der Waals surface area contributed by atoms with Crippen molar-refractivity contribution >= 4 is 32.5 Å². The summed E-state index contributed by atoms with van der Waals surface area (Å²) in [7, 11) is 0. The lowest BCUT2D eigenvalue weighted by atomic mass is 10.2. The molecular formula is C15H14BrN3O. The van der Waals surface area contributed by atoms with Crippen molar-refractivity contribution in [3.8, 4) is 5.75 Å². The van der Waals surface area contributed by atoms with Gasteiger partial charge in [-0.15, -0.1) is 0 Å². The monoisotopic (exact) mass is 331 g/mol. The molecule has 1 heterocycles. The highest BCUT2D eigenvalue weighted by Crippen LogP contribution is 2.18. The van der Waals surface area contributed by atoms with Crippen molar-refractivity contribution in [1.29, 1.82) is 0 Å². The molecule has 0 bridgehead atoms. The van der Waals surface area contributed by atoms with Crippen LogP contribution in [0.2, 0.25) is 0 Å². The highest BCUT2D eigenvalue weighted by molar-refractivity contribution is 9.10. The van der Waals surface area contributed by atoms with E-state index in [4.69, 9.17) is 10.5 Å². The van der Waals surface area contributed by atoms with E-state index < -0.39 is 0 Å². The lowest BCUT2D eigenvalue weighted by Crippen LogP contribution is -2.09. The fraction of sp³-hybridized carbons (Fsp3) is 0.133. The van der Waals surface area contributed by atoms with E-state index in [-0.39, 0.29) is 0 Å². The minimum Gasteiger partial charge on any atom is -0.492 e. The average molecular weight is 332 g/mol. The molecule has 0 aliphatic carbocycles. The van der Waals surface area contributed by atoms with Crippen LogP contribution in [0.3, 0.4) is 0 Å². The molecule has 4 nitrogen and oxygen atoms in total. The molecule has 3 aromatic rings. The molecule has 5 heteroatoms. The molecule has 0 radical (unpaired) electrons. The first-order valence-corrected chi connectivity index (χ1v) is 7.11. The normalized spacial score (nSPS) is 10.8. The Kier molecular flexibility index (Phi) is 3.60. The van der Waals surface area contributed by atoms with Gasteiger partial charge in [0.25, 0.3) is 0 Å². The van der Waals surface area contributed by atoms with Crippen LogP contribution >= 0.6 is 15.9 Å². The Balaban J connectivity index is 1.68. The molecule has 0 aliphatic rings. The number of benzene rings is 2. The molecule has 0 saturated heterocycles.